The maximum absolute atomic E-state index is 7.50. The van der Waals surface area contributed by atoms with Crippen LogP contribution in [0.2, 0.25) is 0 Å². The van der Waals surface area contributed by atoms with Crippen molar-refractivity contribution in [3.05, 3.63) is 33.3 Å². The quantitative estimate of drug-likeness (QED) is 0.336. The first-order valence-corrected chi connectivity index (χ1v) is 4.54. The average Bonchev–Trinajstić information content (AvgIpc) is 2.50. The summed E-state index contributed by atoms with van der Waals surface area (Å²) >= 11 is 1.39. The molecule has 17 heavy (non-hydrogen) atoms. The van der Waals surface area contributed by atoms with Crippen molar-refractivity contribution in [2.45, 2.75) is 0 Å². The Labute approximate surface area is 111 Å². The Morgan fingerprint density at radius 1 is 0.941 bits per heavy atom. The van der Waals surface area contributed by atoms with E-state index in [1.807, 2.05) is 4.40 Å². The monoisotopic (exact) mass is 406 g/mol. The second kappa shape index (κ2) is 197. The number of ether oxygens (including phenoxy) is 1. The van der Waals surface area contributed by atoms with Crippen LogP contribution in [-0.2, 0) is 47.4 Å². The van der Waals surface area contributed by atoms with Gasteiger partial charge in [-0.05, 0) is 0 Å². The summed E-state index contributed by atoms with van der Waals surface area (Å²) in [6, 6.07) is 0. The summed E-state index contributed by atoms with van der Waals surface area (Å²) in [5, 5.41) is 0. The summed E-state index contributed by atoms with van der Waals surface area (Å²) in [4.78, 5) is 0. The molecule has 88 valence electrons. The van der Waals surface area contributed by atoms with Gasteiger partial charge >= 0.3 is 111 Å². The molecule has 0 radical (unpaired) electrons. The van der Waals surface area contributed by atoms with Gasteiger partial charge < -0.3 is 0 Å². The van der Waals surface area contributed by atoms with Gasteiger partial charge in [0, 0.05) is 0 Å². The van der Waals surface area contributed by atoms with E-state index in [4.69, 9.17) is 23.3 Å². The molecule has 0 aliphatic heterocycles. The van der Waals surface area contributed by atoms with Crippen molar-refractivity contribution < 1.29 is 47.4 Å². The molecule has 0 rings (SSSR count). The van der Waals surface area contributed by atoms with Gasteiger partial charge in [0.15, 0.2) is 0 Å². The summed E-state index contributed by atoms with van der Waals surface area (Å²) in [6.07, 6.45) is 0. The van der Waals surface area contributed by atoms with Crippen LogP contribution >= 0.6 is 0 Å². The third-order valence-electron chi connectivity index (χ3n) is 0.377. The fourth-order valence-electron chi connectivity index (χ4n) is 0.156. The average molecular weight is 406 g/mol. The van der Waals surface area contributed by atoms with Gasteiger partial charge in [0.05, 0.1) is 0 Å². The topological polar surface area (TPSA) is 109 Å². The van der Waals surface area contributed by atoms with E-state index in [1.165, 1.54) is 19.4 Å². The van der Waals surface area contributed by atoms with Crippen LogP contribution < -0.4 is 0 Å². The van der Waals surface area contributed by atoms with Crippen molar-refractivity contribution in [3.63, 3.8) is 0 Å². The van der Waals surface area contributed by atoms with Crippen molar-refractivity contribution in [1.29, 1.82) is 0 Å². The first-order valence-electron chi connectivity index (χ1n) is 2.85. The SMILES string of the molecule is COCC#C[CH]=[W].[C-]#[O+].[C-]#[O+].[C-]#[O+].[C-]#[O+].[C-]#[O+]. The normalized spacial score (nSPS) is 3.24. The van der Waals surface area contributed by atoms with Gasteiger partial charge in [-0.25, -0.2) is 0 Å². The molecule has 6 nitrogen and oxygen atoms in total. The zero-order chi connectivity index (χ0) is 15.5. The summed E-state index contributed by atoms with van der Waals surface area (Å²) in [5.74, 6) is 5.56. The Hall–Kier alpha value is -1.22. The zero-order valence-electron chi connectivity index (χ0n) is 8.64. The number of hydrogen-bond acceptors (Lipinski definition) is 1. The van der Waals surface area contributed by atoms with Crippen LogP contribution in [0.5, 0.6) is 0 Å². The van der Waals surface area contributed by atoms with Crippen molar-refractivity contribution in [2.75, 3.05) is 13.7 Å². The van der Waals surface area contributed by atoms with Gasteiger partial charge in [-0.3, -0.25) is 0 Å². The van der Waals surface area contributed by atoms with E-state index in [2.05, 4.69) is 49.8 Å². The molecular formula is C10H6O6W. The molecule has 0 unspecified atom stereocenters. The minimum atomic E-state index is 0.545. The first-order chi connectivity index (χ1) is 8.41. The van der Waals surface area contributed by atoms with E-state index in [0.29, 0.717) is 6.61 Å². The Morgan fingerprint density at radius 2 is 1.24 bits per heavy atom. The molecule has 0 aliphatic carbocycles. The van der Waals surface area contributed by atoms with E-state index in [1.54, 1.807) is 7.11 Å². The summed E-state index contributed by atoms with van der Waals surface area (Å²) < 4.78 is 44.0. The molecule has 0 saturated heterocycles. The van der Waals surface area contributed by atoms with Crippen LogP contribution in [0.15, 0.2) is 0 Å². The fraction of sp³-hybridized carbons (Fsp3) is 0.200. The first kappa shape index (κ1) is 36.0. The van der Waals surface area contributed by atoms with Crippen LogP contribution in [0.25, 0.3) is 0 Å². The van der Waals surface area contributed by atoms with Crippen molar-refractivity contribution in [2.24, 2.45) is 0 Å². The molecule has 0 N–H and O–H groups in total. The Morgan fingerprint density at radius 3 is 1.41 bits per heavy atom. The molecule has 0 saturated carbocycles. The van der Waals surface area contributed by atoms with Gasteiger partial charge in [0.2, 0.25) is 0 Å². The molecule has 0 heterocycles. The van der Waals surface area contributed by atoms with Crippen molar-refractivity contribution in [1.82, 2.24) is 0 Å². The van der Waals surface area contributed by atoms with Crippen molar-refractivity contribution >= 4 is 4.40 Å². The minimum absolute atomic E-state index is 0.545. The van der Waals surface area contributed by atoms with Crippen LogP contribution in [0.1, 0.15) is 0 Å². The molecule has 0 aromatic rings. The van der Waals surface area contributed by atoms with Gasteiger partial charge in [-0.15, -0.1) is 0 Å². The van der Waals surface area contributed by atoms with E-state index >= 15 is 0 Å². The summed E-state index contributed by atoms with van der Waals surface area (Å²) in [7, 11) is 1.64. The van der Waals surface area contributed by atoms with Gasteiger partial charge in [0.1, 0.15) is 0 Å². The molecule has 0 aromatic heterocycles. The van der Waals surface area contributed by atoms with Gasteiger partial charge in [-0.2, -0.15) is 0 Å². The molecule has 0 bridgehead atoms. The predicted molar refractivity (Wildman–Crippen MR) is 45.4 cm³/mol. The van der Waals surface area contributed by atoms with E-state index in [9.17, 15) is 0 Å². The Kier molecular flexibility index (Phi) is 417. The van der Waals surface area contributed by atoms with Crippen LogP contribution in [0.3, 0.4) is 0 Å². The molecule has 7 heteroatoms. The maximum atomic E-state index is 7.50. The van der Waals surface area contributed by atoms with Crippen LogP contribution in [-0.4, -0.2) is 18.1 Å². The molecule has 0 aliphatic rings. The van der Waals surface area contributed by atoms with E-state index in [-0.39, 0.29) is 0 Å². The predicted octanol–water partition coefficient (Wildman–Crippen LogP) is -0.202. The fourth-order valence-corrected chi connectivity index (χ4v) is 0.455. The van der Waals surface area contributed by atoms with E-state index < -0.39 is 0 Å². The number of methoxy groups -OCH3 is 1. The van der Waals surface area contributed by atoms with Crippen LogP contribution in [0, 0.1) is 45.1 Å². The Bertz CT molecular complexity index is 228. The van der Waals surface area contributed by atoms with Crippen LogP contribution in [0.4, 0.5) is 0 Å². The number of hydrogen-bond donors (Lipinski definition) is 0. The van der Waals surface area contributed by atoms with Crippen molar-refractivity contribution in [3.8, 4) is 11.8 Å². The van der Waals surface area contributed by atoms with E-state index in [0.717, 1.165) is 0 Å². The summed E-state index contributed by atoms with van der Waals surface area (Å²) in [6.45, 7) is 23.0. The Balaban J connectivity index is -0.0000000257. The third-order valence-corrected chi connectivity index (χ3v) is 0.801. The summed E-state index contributed by atoms with van der Waals surface area (Å²) in [5.41, 5.74) is 0. The van der Waals surface area contributed by atoms with Gasteiger partial charge in [-0.1, -0.05) is 0 Å². The molecule has 0 amide bonds. The molecular weight excluding hydrogens is 400 g/mol. The zero-order valence-corrected chi connectivity index (χ0v) is 11.6. The molecule has 0 atom stereocenters. The third kappa shape index (κ3) is 313. The molecule has 0 spiro atoms. The number of rotatable bonds is 1. The molecule has 0 fully saturated rings. The second-order valence-electron chi connectivity index (χ2n) is 0.872. The standard InChI is InChI=1S/C5H6O.5CO.W/c1-3-4-5-6-2;5*1-2;/h1H,5H2,2H3;;;;;;. The van der Waals surface area contributed by atoms with Gasteiger partial charge in [0.25, 0.3) is 0 Å². The molecule has 0 aromatic carbocycles. The second-order valence-corrected chi connectivity index (χ2v) is 1.72.